The van der Waals surface area contributed by atoms with E-state index < -0.39 is 0 Å². The summed E-state index contributed by atoms with van der Waals surface area (Å²) in [4.78, 5) is 31.9. The van der Waals surface area contributed by atoms with Gasteiger partial charge in [0.05, 0.1) is 5.92 Å². The van der Waals surface area contributed by atoms with Crippen LogP contribution in [0.25, 0.3) is 0 Å². The predicted octanol–water partition coefficient (Wildman–Crippen LogP) is 3.88. The Morgan fingerprint density at radius 2 is 1.71 bits per heavy atom. The minimum Gasteiger partial charge on any atom is -0.337 e. The molecule has 1 unspecified atom stereocenters. The maximum absolute atomic E-state index is 13.2. The fraction of sp³-hybridized carbons (Fsp3) is 0.409. The van der Waals surface area contributed by atoms with E-state index in [1.165, 1.54) is 18.6 Å². The monoisotopic (exact) mass is 381 g/mol. The summed E-state index contributed by atoms with van der Waals surface area (Å²) in [5, 5.41) is 2.93. The van der Waals surface area contributed by atoms with Crippen LogP contribution in [-0.2, 0) is 4.79 Å². The fourth-order valence-corrected chi connectivity index (χ4v) is 4.69. The molecule has 1 aromatic heterocycles. The van der Waals surface area contributed by atoms with Gasteiger partial charge in [0.1, 0.15) is 5.82 Å². The molecule has 146 valence electrons. The Labute approximate surface area is 164 Å². The zero-order valence-corrected chi connectivity index (χ0v) is 15.7. The molecule has 2 amide bonds. The molecule has 0 radical (unpaired) electrons. The normalized spacial score (nSPS) is 20.9. The van der Waals surface area contributed by atoms with E-state index >= 15 is 0 Å². The molecule has 2 aliphatic rings. The number of halogens is 1. The van der Waals surface area contributed by atoms with Crippen LogP contribution < -0.4 is 5.32 Å². The summed E-state index contributed by atoms with van der Waals surface area (Å²) in [6.07, 6.45) is 8.46. The summed E-state index contributed by atoms with van der Waals surface area (Å²) in [6.45, 7) is 1.02. The second-order valence-corrected chi connectivity index (χ2v) is 7.89. The largest absolute Gasteiger partial charge is 0.337 e. The van der Waals surface area contributed by atoms with E-state index in [0.29, 0.717) is 24.3 Å². The van der Waals surface area contributed by atoms with Crippen molar-refractivity contribution in [3.05, 3.63) is 60.2 Å². The first-order chi connectivity index (χ1) is 13.6. The molecule has 2 fully saturated rings. The van der Waals surface area contributed by atoms with Gasteiger partial charge < -0.3 is 10.2 Å². The molecule has 1 aromatic carbocycles. The fourth-order valence-electron chi connectivity index (χ4n) is 4.69. The Hall–Kier alpha value is -2.76. The average molecular weight is 381 g/mol. The van der Waals surface area contributed by atoms with Crippen molar-refractivity contribution in [2.24, 2.45) is 11.3 Å². The highest BCUT2D eigenvalue weighted by Gasteiger charge is 2.51. The summed E-state index contributed by atoms with van der Waals surface area (Å²) < 4.78 is 13.2. The first-order valence-corrected chi connectivity index (χ1v) is 9.83. The maximum Gasteiger partial charge on any atom is 0.254 e. The zero-order valence-electron chi connectivity index (χ0n) is 15.7. The van der Waals surface area contributed by atoms with Crippen LogP contribution in [-0.4, -0.2) is 34.8 Å². The Bertz CT molecular complexity index is 848. The first-order valence-electron chi connectivity index (χ1n) is 9.83. The van der Waals surface area contributed by atoms with Gasteiger partial charge in [-0.2, -0.15) is 0 Å². The Morgan fingerprint density at radius 1 is 1.04 bits per heavy atom. The number of nitrogens with one attached hydrogen (secondary N) is 1. The number of likely N-dealkylation sites (tertiary alicyclic amines) is 1. The number of nitrogens with zero attached hydrogens (tertiary/aromatic N) is 2. The summed E-state index contributed by atoms with van der Waals surface area (Å²) in [6, 6.07) is 9.22. The van der Waals surface area contributed by atoms with E-state index in [1.807, 2.05) is 4.90 Å². The van der Waals surface area contributed by atoms with E-state index in [4.69, 9.17) is 0 Å². The zero-order chi connectivity index (χ0) is 19.6. The molecule has 28 heavy (non-hydrogen) atoms. The number of carbonyl (C=O) groups excluding carboxylic acids is 2. The van der Waals surface area contributed by atoms with E-state index in [0.717, 1.165) is 25.7 Å². The van der Waals surface area contributed by atoms with Crippen molar-refractivity contribution in [1.82, 2.24) is 9.88 Å². The van der Waals surface area contributed by atoms with Crippen LogP contribution in [0, 0.1) is 17.2 Å². The number of anilines is 1. The van der Waals surface area contributed by atoms with Crippen molar-refractivity contribution < 1.29 is 14.0 Å². The van der Waals surface area contributed by atoms with E-state index in [9.17, 15) is 14.0 Å². The predicted molar refractivity (Wildman–Crippen MR) is 104 cm³/mol. The van der Waals surface area contributed by atoms with Crippen LogP contribution in [0.1, 0.15) is 42.5 Å². The van der Waals surface area contributed by atoms with Crippen LogP contribution in [0.4, 0.5) is 10.1 Å². The van der Waals surface area contributed by atoms with Gasteiger partial charge in [0.15, 0.2) is 0 Å². The molecule has 1 spiro atoms. The summed E-state index contributed by atoms with van der Waals surface area (Å²) in [7, 11) is 0. The molecule has 1 saturated heterocycles. The lowest BCUT2D eigenvalue weighted by Crippen LogP contribution is -2.39. The SMILES string of the molecule is O=C(Nc1ccc(F)cc1)C1CN(C(=O)c2ccncc2)CC12CCCCC2. The van der Waals surface area contributed by atoms with Crippen molar-refractivity contribution in [2.75, 3.05) is 18.4 Å². The van der Waals surface area contributed by atoms with Crippen molar-refractivity contribution in [3.8, 4) is 0 Å². The first kappa shape index (κ1) is 18.6. The van der Waals surface area contributed by atoms with Crippen LogP contribution in [0.5, 0.6) is 0 Å². The Kier molecular flexibility index (Phi) is 5.11. The van der Waals surface area contributed by atoms with Gasteiger partial charge >= 0.3 is 0 Å². The third-order valence-electron chi connectivity index (χ3n) is 6.14. The molecule has 1 saturated carbocycles. The summed E-state index contributed by atoms with van der Waals surface area (Å²) in [5.74, 6) is -0.733. The number of amides is 2. The number of carbonyl (C=O) groups is 2. The van der Waals surface area contributed by atoms with Crippen molar-refractivity contribution in [2.45, 2.75) is 32.1 Å². The molecule has 1 atom stereocenters. The molecule has 5 nitrogen and oxygen atoms in total. The standard InChI is InChI=1S/C22H24FN3O2/c23-17-4-6-18(7-5-17)25-20(27)19-14-26(15-22(19)10-2-1-3-11-22)21(28)16-8-12-24-13-9-16/h4-9,12-13,19H,1-3,10-11,14-15H2,(H,25,27). The number of pyridine rings is 1. The minimum absolute atomic E-state index is 0.0515. The van der Waals surface area contributed by atoms with Gasteiger partial charge in [-0.3, -0.25) is 14.6 Å². The van der Waals surface area contributed by atoms with Crippen LogP contribution in [0.2, 0.25) is 0 Å². The molecule has 1 aliphatic heterocycles. The molecule has 1 aliphatic carbocycles. The maximum atomic E-state index is 13.2. The van der Waals surface area contributed by atoms with Gasteiger partial charge in [-0.1, -0.05) is 19.3 Å². The van der Waals surface area contributed by atoms with Gasteiger partial charge in [0, 0.05) is 42.1 Å². The smallest absolute Gasteiger partial charge is 0.254 e. The molecule has 1 N–H and O–H groups in total. The lowest BCUT2D eigenvalue weighted by molar-refractivity contribution is -0.123. The highest BCUT2D eigenvalue weighted by molar-refractivity contribution is 5.97. The number of benzene rings is 1. The van der Waals surface area contributed by atoms with Gasteiger partial charge in [0.25, 0.3) is 5.91 Å². The molecule has 2 aromatic rings. The second kappa shape index (κ2) is 7.70. The molecule has 6 heteroatoms. The van der Waals surface area contributed by atoms with Crippen molar-refractivity contribution in [1.29, 1.82) is 0 Å². The van der Waals surface area contributed by atoms with E-state index in [1.54, 1.807) is 36.7 Å². The van der Waals surface area contributed by atoms with Crippen molar-refractivity contribution in [3.63, 3.8) is 0 Å². The second-order valence-electron chi connectivity index (χ2n) is 7.89. The van der Waals surface area contributed by atoms with Gasteiger partial charge in [-0.05, 0) is 49.2 Å². The topological polar surface area (TPSA) is 62.3 Å². The van der Waals surface area contributed by atoms with Crippen LogP contribution >= 0.6 is 0 Å². The number of rotatable bonds is 3. The quantitative estimate of drug-likeness (QED) is 0.878. The lowest BCUT2D eigenvalue weighted by Gasteiger charge is -2.37. The van der Waals surface area contributed by atoms with E-state index in [-0.39, 0.29) is 29.0 Å². The molecular weight excluding hydrogens is 357 g/mol. The van der Waals surface area contributed by atoms with E-state index in [2.05, 4.69) is 10.3 Å². The van der Waals surface area contributed by atoms with Crippen LogP contribution in [0.15, 0.2) is 48.8 Å². The number of hydrogen-bond donors (Lipinski definition) is 1. The molecule has 0 bridgehead atoms. The minimum atomic E-state index is -0.336. The lowest BCUT2D eigenvalue weighted by atomic mass is 9.67. The number of aromatic nitrogens is 1. The summed E-state index contributed by atoms with van der Waals surface area (Å²) >= 11 is 0. The molecular formula is C22H24FN3O2. The molecule has 4 rings (SSSR count). The highest BCUT2D eigenvalue weighted by Crippen LogP contribution is 2.48. The Balaban J connectivity index is 1.56. The van der Waals surface area contributed by atoms with Crippen LogP contribution in [0.3, 0.4) is 0 Å². The highest BCUT2D eigenvalue weighted by atomic mass is 19.1. The van der Waals surface area contributed by atoms with Gasteiger partial charge in [-0.15, -0.1) is 0 Å². The van der Waals surface area contributed by atoms with Gasteiger partial charge in [0.2, 0.25) is 5.91 Å². The summed E-state index contributed by atoms with van der Waals surface area (Å²) in [5.41, 5.74) is 1.00. The Morgan fingerprint density at radius 3 is 2.39 bits per heavy atom. The number of hydrogen-bond acceptors (Lipinski definition) is 3. The average Bonchev–Trinajstić information content (AvgIpc) is 3.09. The third kappa shape index (κ3) is 3.63. The van der Waals surface area contributed by atoms with Crippen molar-refractivity contribution >= 4 is 17.5 Å². The third-order valence-corrected chi connectivity index (χ3v) is 6.14. The molecule has 2 heterocycles. The van der Waals surface area contributed by atoms with Gasteiger partial charge in [-0.25, -0.2) is 4.39 Å².